The fourth-order valence-corrected chi connectivity index (χ4v) is 2.61. The molecular formula is C14H16N4OS. The van der Waals surface area contributed by atoms with Crippen LogP contribution in [0.4, 0.5) is 0 Å². The van der Waals surface area contributed by atoms with Gasteiger partial charge in [0.15, 0.2) is 5.16 Å². The Morgan fingerprint density at radius 1 is 1.45 bits per heavy atom. The van der Waals surface area contributed by atoms with E-state index in [9.17, 15) is 4.79 Å². The molecule has 2 aromatic heterocycles. The summed E-state index contributed by atoms with van der Waals surface area (Å²) in [5.41, 5.74) is 1.75. The fraction of sp³-hybridized carbons (Fsp3) is 0.357. The third-order valence-corrected chi connectivity index (χ3v) is 3.86. The van der Waals surface area contributed by atoms with Gasteiger partial charge in [-0.2, -0.15) is 0 Å². The predicted molar refractivity (Wildman–Crippen MR) is 77.8 cm³/mol. The number of rotatable bonds is 5. The van der Waals surface area contributed by atoms with Crippen molar-refractivity contribution in [1.29, 1.82) is 0 Å². The minimum Gasteiger partial charge on any atom is -0.310 e. The van der Waals surface area contributed by atoms with Gasteiger partial charge in [0.2, 0.25) is 0 Å². The molecule has 1 saturated carbocycles. The number of hydrogen-bond donors (Lipinski definition) is 2. The smallest absolute Gasteiger partial charge is 0.251 e. The van der Waals surface area contributed by atoms with Gasteiger partial charge in [0.05, 0.1) is 0 Å². The van der Waals surface area contributed by atoms with Gasteiger partial charge in [0, 0.05) is 30.5 Å². The van der Waals surface area contributed by atoms with Gasteiger partial charge >= 0.3 is 0 Å². The van der Waals surface area contributed by atoms with Crippen LogP contribution in [0, 0.1) is 6.92 Å². The summed E-state index contributed by atoms with van der Waals surface area (Å²) in [6.45, 7) is 2.67. The molecule has 5 nitrogen and oxygen atoms in total. The zero-order valence-corrected chi connectivity index (χ0v) is 12.0. The zero-order chi connectivity index (χ0) is 13.9. The van der Waals surface area contributed by atoms with E-state index in [4.69, 9.17) is 0 Å². The first-order valence-electron chi connectivity index (χ1n) is 6.63. The van der Waals surface area contributed by atoms with Gasteiger partial charge in [-0.1, -0.05) is 6.07 Å². The molecular weight excluding hydrogens is 272 g/mol. The second kappa shape index (κ2) is 5.76. The third-order valence-electron chi connectivity index (χ3n) is 3.02. The summed E-state index contributed by atoms with van der Waals surface area (Å²) in [5.74, 6) is 0. The summed E-state index contributed by atoms with van der Waals surface area (Å²) < 4.78 is 0. The lowest BCUT2D eigenvalue weighted by Gasteiger charge is -2.04. The van der Waals surface area contributed by atoms with Crippen LogP contribution in [0.15, 0.2) is 39.4 Å². The van der Waals surface area contributed by atoms with Gasteiger partial charge in [-0.3, -0.25) is 4.79 Å². The van der Waals surface area contributed by atoms with Crippen LogP contribution in [0.25, 0.3) is 0 Å². The molecule has 2 N–H and O–H groups in total. The van der Waals surface area contributed by atoms with Crippen LogP contribution in [0.5, 0.6) is 0 Å². The maximum atomic E-state index is 11.4. The van der Waals surface area contributed by atoms with Crippen LogP contribution in [0.3, 0.4) is 0 Å². The first-order chi connectivity index (χ1) is 9.69. The Kier molecular flexibility index (Phi) is 3.84. The first kappa shape index (κ1) is 13.3. The lowest BCUT2D eigenvalue weighted by molar-refractivity contribution is 0.684. The van der Waals surface area contributed by atoms with Crippen LogP contribution in [0.2, 0.25) is 0 Å². The van der Waals surface area contributed by atoms with Crippen molar-refractivity contribution in [2.75, 3.05) is 0 Å². The summed E-state index contributed by atoms with van der Waals surface area (Å²) in [5, 5.41) is 4.85. The van der Waals surface area contributed by atoms with Crippen LogP contribution in [0.1, 0.15) is 24.1 Å². The Morgan fingerprint density at radius 2 is 2.30 bits per heavy atom. The van der Waals surface area contributed by atoms with E-state index in [1.165, 1.54) is 36.2 Å². The van der Waals surface area contributed by atoms with Crippen molar-refractivity contribution in [1.82, 2.24) is 20.3 Å². The van der Waals surface area contributed by atoms with Crippen molar-refractivity contribution in [3.63, 3.8) is 0 Å². The number of nitrogens with one attached hydrogen (secondary N) is 2. The predicted octanol–water partition coefficient (Wildman–Crippen LogP) is 1.88. The quantitative estimate of drug-likeness (QED) is 0.822. The topological polar surface area (TPSA) is 70.7 Å². The van der Waals surface area contributed by atoms with E-state index in [-0.39, 0.29) is 5.56 Å². The molecule has 1 fully saturated rings. The van der Waals surface area contributed by atoms with E-state index in [2.05, 4.69) is 26.3 Å². The zero-order valence-electron chi connectivity index (χ0n) is 11.2. The Hall–Kier alpha value is -1.66. The highest BCUT2D eigenvalue weighted by Gasteiger charge is 2.19. The molecule has 0 saturated heterocycles. The molecule has 1 aliphatic carbocycles. The van der Waals surface area contributed by atoms with Crippen LogP contribution < -0.4 is 10.9 Å². The van der Waals surface area contributed by atoms with Crippen molar-refractivity contribution in [3.8, 4) is 0 Å². The fourth-order valence-electron chi connectivity index (χ4n) is 1.82. The van der Waals surface area contributed by atoms with Crippen molar-refractivity contribution < 1.29 is 0 Å². The van der Waals surface area contributed by atoms with Crippen molar-refractivity contribution in [2.24, 2.45) is 0 Å². The van der Waals surface area contributed by atoms with Crippen molar-refractivity contribution in [2.45, 2.75) is 42.5 Å². The average Bonchev–Trinajstić information content (AvgIpc) is 3.21. The number of aromatic amines is 1. The molecule has 6 heteroatoms. The highest BCUT2D eigenvalue weighted by Crippen LogP contribution is 2.22. The molecule has 2 aromatic rings. The first-order valence-corrected chi connectivity index (χ1v) is 7.45. The lowest BCUT2D eigenvalue weighted by Crippen LogP contribution is -2.15. The van der Waals surface area contributed by atoms with Crippen molar-refractivity contribution >= 4 is 11.8 Å². The molecule has 20 heavy (non-hydrogen) atoms. The van der Waals surface area contributed by atoms with Crippen LogP contribution >= 0.6 is 11.8 Å². The Bertz CT molecular complexity index is 649. The van der Waals surface area contributed by atoms with Crippen LogP contribution in [-0.2, 0) is 6.54 Å². The molecule has 0 bridgehead atoms. The normalized spacial score (nSPS) is 14.4. The molecule has 0 aromatic carbocycles. The maximum Gasteiger partial charge on any atom is 0.251 e. The lowest BCUT2D eigenvalue weighted by atomic mass is 10.3. The second-order valence-corrected chi connectivity index (χ2v) is 5.96. The molecule has 0 radical (unpaired) electrons. The third kappa shape index (κ3) is 3.68. The standard InChI is InChI=1S/C14H16N4OS/c1-9-6-12(19)18-14(17-9)20-13-5-2-10(8-16-13)7-15-11-3-4-11/h2,5-6,8,11,15H,3-4,7H2,1H3,(H,17,18,19). The van der Waals surface area contributed by atoms with E-state index >= 15 is 0 Å². The summed E-state index contributed by atoms with van der Waals surface area (Å²) >= 11 is 1.36. The number of aromatic nitrogens is 3. The maximum absolute atomic E-state index is 11.4. The number of nitrogens with zero attached hydrogens (tertiary/aromatic N) is 2. The van der Waals surface area contributed by atoms with Gasteiger partial charge in [0.25, 0.3) is 5.56 Å². The van der Waals surface area contributed by atoms with E-state index in [1.807, 2.05) is 12.3 Å². The highest BCUT2D eigenvalue weighted by atomic mass is 32.2. The van der Waals surface area contributed by atoms with E-state index in [0.717, 1.165) is 11.6 Å². The number of pyridine rings is 1. The monoisotopic (exact) mass is 288 g/mol. The summed E-state index contributed by atoms with van der Waals surface area (Å²) in [6, 6.07) is 6.19. The van der Waals surface area contributed by atoms with Crippen LogP contribution in [-0.4, -0.2) is 21.0 Å². The average molecular weight is 288 g/mol. The molecule has 0 amide bonds. The SMILES string of the molecule is Cc1cc(=O)[nH]c(Sc2ccc(CNC3CC3)cn2)n1. The van der Waals surface area contributed by atoms with E-state index < -0.39 is 0 Å². The molecule has 0 aliphatic heterocycles. The summed E-state index contributed by atoms with van der Waals surface area (Å²) in [7, 11) is 0. The molecule has 1 aliphatic rings. The molecule has 0 atom stereocenters. The van der Waals surface area contributed by atoms with Gasteiger partial charge in [-0.15, -0.1) is 0 Å². The molecule has 0 spiro atoms. The van der Waals surface area contributed by atoms with Gasteiger partial charge in [0.1, 0.15) is 5.03 Å². The van der Waals surface area contributed by atoms with Gasteiger partial charge in [-0.25, -0.2) is 9.97 Å². The minimum atomic E-state index is -0.134. The Balaban J connectivity index is 1.65. The van der Waals surface area contributed by atoms with E-state index in [0.29, 0.717) is 16.9 Å². The number of H-pyrrole nitrogens is 1. The van der Waals surface area contributed by atoms with Gasteiger partial charge < -0.3 is 10.3 Å². The Labute approximate surface area is 121 Å². The minimum absolute atomic E-state index is 0.134. The molecule has 0 unspecified atom stereocenters. The van der Waals surface area contributed by atoms with Gasteiger partial charge in [-0.05, 0) is 43.2 Å². The van der Waals surface area contributed by atoms with E-state index in [1.54, 1.807) is 6.92 Å². The number of aryl methyl sites for hydroxylation is 1. The molecule has 2 heterocycles. The second-order valence-electron chi connectivity index (χ2n) is 4.95. The largest absolute Gasteiger partial charge is 0.310 e. The highest BCUT2D eigenvalue weighted by molar-refractivity contribution is 7.99. The molecule has 104 valence electrons. The molecule has 3 rings (SSSR count). The summed E-state index contributed by atoms with van der Waals surface area (Å²) in [6.07, 6.45) is 4.44. The Morgan fingerprint density at radius 3 is 2.95 bits per heavy atom. The summed E-state index contributed by atoms with van der Waals surface area (Å²) in [4.78, 5) is 22.7. The number of hydrogen-bond acceptors (Lipinski definition) is 5. The van der Waals surface area contributed by atoms with Crippen molar-refractivity contribution in [3.05, 3.63) is 46.0 Å².